The van der Waals surface area contributed by atoms with E-state index in [0.29, 0.717) is 4.68 Å². The van der Waals surface area contributed by atoms with Gasteiger partial charge in [0.15, 0.2) is 5.69 Å². The monoisotopic (exact) mass is 484 g/mol. The van der Waals surface area contributed by atoms with Crippen LogP contribution >= 0.6 is 0 Å². The number of hydrogen-bond donors (Lipinski definition) is 1. The van der Waals surface area contributed by atoms with Crippen LogP contribution in [0, 0.1) is 17.0 Å². The number of carbonyl (C=O) groups is 1. The Morgan fingerprint density at radius 1 is 1.06 bits per heavy atom. The van der Waals surface area contributed by atoms with Crippen LogP contribution in [-0.4, -0.2) is 30.4 Å². The van der Waals surface area contributed by atoms with E-state index in [1.54, 1.807) is 6.07 Å². The smallest absolute Gasteiger partial charge is 0.320 e. The molecule has 4 aromatic rings. The van der Waals surface area contributed by atoms with E-state index in [-0.39, 0.29) is 28.4 Å². The molecule has 13 heteroatoms. The molecule has 0 unspecified atom stereocenters. The summed E-state index contributed by atoms with van der Waals surface area (Å²) in [4.78, 5) is 36.0. The molecule has 35 heavy (non-hydrogen) atoms. The number of amides is 1. The highest BCUT2D eigenvalue weighted by atomic mass is 19.4. The van der Waals surface area contributed by atoms with Crippen LogP contribution in [0.3, 0.4) is 0 Å². The number of alkyl halides is 3. The van der Waals surface area contributed by atoms with Crippen molar-refractivity contribution in [2.24, 2.45) is 0 Å². The number of nitrogens with one attached hydrogen (secondary N) is 1. The van der Waals surface area contributed by atoms with Crippen LogP contribution in [0.1, 0.15) is 21.9 Å². The van der Waals surface area contributed by atoms with Crippen LogP contribution in [0.15, 0.2) is 71.7 Å². The zero-order valence-corrected chi connectivity index (χ0v) is 17.9. The van der Waals surface area contributed by atoms with Gasteiger partial charge in [0, 0.05) is 23.5 Å². The Morgan fingerprint density at radius 3 is 2.40 bits per heavy atom. The lowest BCUT2D eigenvalue weighted by Gasteiger charge is -2.12. The largest absolute Gasteiger partial charge is 0.433 e. The van der Waals surface area contributed by atoms with E-state index in [0.717, 1.165) is 23.0 Å². The number of aryl methyl sites for hydroxylation is 1. The number of rotatable bonds is 5. The minimum atomic E-state index is -4.60. The molecular formula is C22H15F3N6O4. The molecule has 4 rings (SSSR count). The third-order valence-electron chi connectivity index (χ3n) is 4.93. The number of para-hydroxylation sites is 2. The number of aromatic nitrogens is 4. The third kappa shape index (κ3) is 4.64. The number of nitrogens with zero attached hydrogens (tertiary/aromatic N) is 5. The fraction of sp³-hybridized carbons (Fsp3) is 0.0909. The second-order valence-electron chi connectivity index (χ2n) is 7.28. The van der Waals surface area contributed by atoms with Crippen LogP contribution in [0.4, 0.5) is 24.5 Å². The van der Waals surface area contributed by atoms with Gasteiger partial charge in [-0.2, -0.15) is 23.4 Å². The fourth-order valence-corrected chi connectivity index (χ4v) is 3.35. The molecule has 0 atom stereocenters. The number of hydrogen-bond acceptors (Lipinski definition) is 6. The predicted molar refractivity (Wildman–Crippen MR) is 118 cm³/mol. The van der Waals surface area contributed by atoms with Gasteiger partial charge in [0.1, 0.15) is 11.4 Å². The molecule has 178 valence electrons. The summed E-state index contributed by atoms with van der Waals surface area (Å²) < 4.78 is 41.1. The van der Waals surface area contributed by atoms with E-state index in [4.69, 9.17) is 0 Å². The van der Waals surface area contributed by atoms with E-state index < -0.39 is 33.8 Å². The summed E-state index contributed by atoms with van der Waals surface area (Å²) in [5.41, 5.74) is -1.86. The first-order valence-electron chi connectivity index (χ1n) is 9.94. The molecule has 0 spiro atoms. The molecule has 2 aromatic carbocycles. The molecule has 0 aliphatic carbocycles. The topological polar surface area (TPSA) is 125 Å². The van der Waals surface area contributed by atoms with E-state index in [1.807, 2.05) is 0 Å². The molecule has 2 heterocycles. The van der Waals surface area contributed by atoms with Gasteiger partial charge in [-0.05, 0) is 43.3 Å². The SMILES string of the molecule is Cc1cc(=O)c(C(=O)Nc2ccc(-n3nccc3C(F)(F)F)cc2)nn1-c1ccccc1[N+](=O)[O-]. The summed E-state index contributed by atoms with van der Waals surface area (Å²) in [7, 11) is 0. The van der Waals surface area contributed by atoms with Crippen molar-refractivity contribution < 1.29 is 22.9 Å². The number of benzene rings is 2. The molecule has 0 bridgehead atoms. The minimum absolute atomic E-state index is 0.0631. The van der Waals surface area contributed by atoms with Crippen LogP contribution in [-0.2, 0) is 6.18 Å². The quantitative estimate of drug-likeness (QED) is 0.338. The first-order chi connectivity index (χ1) is 16.6. The Morgan fingerprint density at radius 2 is 1.74 bits per heavy atom. The van der Waals surface area contributed by atoms with Crippen molar-refractivity contribution in [3.63, 3.8) is 0 Å². The van der Waals surface area contributed by atoms with Crippen molar-refractivity contribution in [1.82, 2.24) is 19.6 Å². The van der Waals surface area contributed by atoms with Gasteiger partial charge >= 0.3 is 6.18 Å². The van der Waals surface area contributed by atoms with Gasteiger partial charge in [-0.25, -0.2) is 9.36 Å². The first-order valence-corrected chi connectivity index (χ1v) is 9.94. The second-order valence-corrected chi connectivity index (χ2v) is 7.28. The van der Waals surface area contributed by atoms with E-state index >= 15 is 0 Å². The molecule has 1 N–H and O–H groups in total. The molecule has 0 saturated carbocycles. The Labute approximate surface area is 194 Å². The van der Waals surface area contributed by atoms with Crippen LogP contribution in [0.25, 0.3) is 11.4 Å². The summed E-state index contributed by atoms with van der Waals surface area (Å²) in [6, 6.07) is 13.0. The summed E-state index contributed by atoms with van der Waals surface area (Å²) in [5.74, 6) is -0.898. The maximum Gasteiger partial charge on any atom is 0.433 e. The van der Waals surface area contributed by atoms with Crippen molar-refractivity contribution >= 4 is 17.3 Å². The molecule has 0 aliphatic rings. The predicted octanol–water partition coefficient (Wildman–Crippen LogP) is 3.91. The molecule has 0 aliphatic heterocycles. The maximum absolute atomic E-state index is 13.1. The van der Waals surface area contributed by atoms with Crippen molar-refractivity contribution in [2.75, 3.05) is 5.32 Å². The van der Waals surface area contributed by atoms with Gasteiger partial charge in [0.25, 0.3) is 11.6 Å². The normalized spacial score (nSPS) is 11.3. The average Bonchev–Trinajstić information content (AvgIpc) is 3.30. The van der Waals surface area contributed by atoms with Crippen LogP contribution < -0.4 is 10.7 Å². The zero-order valence-electron chi connectivity index (χ0n) is 17.9. The molecule has 10 nitrogen and oxygen atoms in total. The second kappa shape index (κ2) is 8.85. The van der Waals surface area contributed by atoms with Crippen molar-refractivity contribution in [3.05, 3.63) is 104 Å². The number of halogens is 3. The lowest BCUT2D eigenvalue weighted by molar-refractivity contribution is -0.384. The lowest BCUT2D eigenvalue weighted by Crippen LogP contribution is -2.27. The van der Waals surface area contributed by atoms with Gasteiger partial charge < -0.3 is 5.32 Å². The fourth-order valence-electron chi connectivity index (χ4n) is 3.35. The number of nitro groups is 1. The van der Waals surface area contributed by atoms with Gasteiger partial charge in [-0.3, -0.25) is 19.7 Å². The van der Waals surface area contributed by atoms with E-state index in [9.17, 15) is 32.9 Å². The number of carbonyl (C=O) groups excluding carboxylic acids is 1. The third-order valence-corrected chi connectivity index (χ3v) is 4.93. The molecule has 2 aromatic heterocycles. The van der Waals surface area contributed by atoms with Crippen molar-refractivity contribution in [1.29, 1.82) is 0 Å². The summed E-state index contributed by atoms with van der Waals surface area (Å²) in [6.45, 7) is 1.51. The highest BCUT2D eigenvalue weighted by molar-refractivity contribution is 6.02. The standard InChI is InChI=1S/C22H15F3N6O4/c1-13-12-18(32)20(28-29(13)16-4-2-3-5-17(16)31(34)35)21(33)27-14-6-8-15(9-7-14)30-19(10-11-26-30)22(23,24)25/h2-12H,1H3,(H,27,33). The Balaban J connectivity index is 1.63. The highest BCUT2D eigenvalue weighted by Crippen LogP contribution is 2.30. The summed E-state index contributed by atoms with van der Waals surface area (Å²) >= 11 is 0. The van der Waals surface area contributed by atoms with Gasteiger partial charge in [-0.1, -0.05) is 12.1 Å². The summed E-state index contributed by atoms with van der Waals surface area (Å²) in [5, 5.41) is 21.5. The lowest BCUT2D eigenvalue weighted by atomic mass is 10.2. The molecule has 0 saturated heterocycles. The van der Waals surface area contributed by atoms with Crippen molar-refractivity contribution in [2.45, 2.75) is 13.1 Å². The highest BCUT2D eigenvalue weighted by Gasteiger charge is 2.35. The summed E-state index contributed by atoms with van der Waals surface area (Å²) in [6.07, 6.45) is -3.59. The van der Waals surface area contributed by atoms with Crippen molar-refractivity contribution in [3.8, 4) is 11.4 Å². The molecular weight excluding hydrogens is 469 g/mol. The van der Waals surface area contributed by atoms with Crippen LogP contribution in [0.2, 0.25) is 0 Å². The zero-order chi connectivity index (χ0) is 25.3. The van der Waals surface area contributed by atoms with Crippen LogP contribution in [0.5, 0.6) is 0 Å². The Kier molecular flexibility index (Phi) is 5.91. The maximum atomic E-state index is 13.1. The van der Waals surface area contributed by atoms with E-state index in [1.165, 1.54) is 49.4 Å². The Bertz CT molecular complexity index is 1490. The van der Waals surface area contributed by atoms with Gasteiger partial charge in [-0.15, -0.1) is 0 Å². The number of anilines is 1. The minimum Gasteiger partial charge on any atom is -0.320 e. The van der Waals surface area contributed by atoms with Gasteiger partial charge in [0.05, 0.1) is 16.8 Å². The number of nitro benzene ring substituents is 1. The first kappa shape index (κ1) is 23.4. The molecule has 0 radical (unpaired) electrons. The van der Waals surface area contributed by atoms with E-state index in [2.05, 4.69) is 15.5 Å². The Hall–Kier alpha value is -4.81. The molecule has 0 fully saturated rings. The average molecular weight is 484 g/mol. The van der Waals surface area contributed by atoms with Gasteiger partial charge in [0.2, 0.25) is 5.43 Å². The molecule has 1 amide bonds.